The lowest BCUT2D eigenvalue weighted by Crippen LogP contribution is -2.50. The van der Waals surface area contributed by atoms with Crippen LogP contribution in [0.2, 0.25) is 0 Å². The maximum Gasteiger partial charge on any atom is 0.253 e. The average molecular weight is 454 g/mol. The van der Waals surface area contributed by atoms with E-state index in [4.69, 9.17) is 0 Å². The van der Waals surface area contributed by atoms with Crippen LogP contribution in [0.3, 0.4) is 0 Å². The number of anilines is 2. The van der Waals surface area contributed by atoms with Crippen molar-refractivity contribution in [3.63, 3.8) is 0 Å². The molecule has 0 spiro atoms. The van der Waals surface area contributed by atoms with E-state index in [1.165, 1.54) is 24.3 Å². The molecule has 174 valence electrons. The van der Waals surface area contributed by atoms with Crippen molar-refractivity contribution in [3.8, 4) is 0 Å². The second kappa shape index (κ2) is 10.5. The van der Waals surface area contributed by atoms with Gasteiger partial charge in [-0.05, 0) is 49.2 Å². The van der Waals surface area contributed by atoms with Crippen LogP contribution in [0.15, 0.2) is 48.5 Å². The molecule has 1 saturated carbocycles. The molecule has 9 heteroatoms. The molecule has 1 aliphatic heterocycles. The van der Waals surface area contributed by atoms with Crippen molar-refractivity contribution in [2.75, 3.05) is 49.9 Å². The predicted octanol–water partition coefficient (Wildman–Crippen LogP) is 1.91. The van der Waals surface area contributed by atoms with E-state index in [1.807, 2.05) is 9.80 Å². The molecule has 1 aliphatic carbocycles. The van der Waals surface area contributed by atoms with Gasteiger partial charge in [0, 0.05) is 37.9 Å². The van der Waals surface area contributed by atoms with Gasteiger partial charge in [-0.1, -0.05) is 12.1 Å². The lowest BCUT2D eigenvalue weighted by Gasteiger charge is -2.33. The number of para-hydroxylation sites is 1. The van der Waals surface area contributed by atoms with Crippen LogP contribution < -0.4 is 16.0 Å². The van der Waals surface area contributed by atoms with E-state index >= 15 is 0 Å². The van der Waals surface area contributed by atoms with Gasteiger partial charge in [0.05, 0.1) is 24.3 Å². The molecule has 0 bridgehead atoms. The highest BCUT2D eigenvalue weighted by Crippen LogP contribution is 2.21. The number of nitrogens with zero attached hydrogens (tertiary/aromatic N) is 2. The van der Waals surface area contributed by atoms with Gasteiger partial charge in [-0.25, -0.2) is 4.39 Å². The second-order valence-electron chi connectivity index (χ2n) is 8.45. The number of halogens is 1. The van der Waals surface area contributed by atoms with Gasteiger partial charge >= 0.3 is 0 Å². The van der Waals surface area contributed by atoms with Crippen molar-refractivity contribution in [1.82, 2.24) is 15.1 Å². The Morgan fingerprint density at radius 2 is 1.39 bits per heavy atom. The fourth-order valence-corrected chi connectivity index (χ4v) is 3.72. The molecule has 2 aliphatic rings. The quantitative estimate of drug-likeness (QED) is 0.568. The van der Waals surface area contributed by atoms with Crippen molar-refractivity contribution in [3.05, 3.63) is 59.9 Å². The lowest BCUT2D eigenvalue weighted by atomic mass is 10.1. The van der Waals surface area contributed by atoms with Crippen molar-refractivity contribution in [2.45, 2.75) is 18.9 Å². The van der Waals surface area contributed by atoms with E-state index in [9.17, 15) is 18.8 Å². The van der Waals surface area contributed by atoms with E-state index in [0.29, 0.717) is 43.1 Å². The van der Waals surface area contributed by atoms with Crippen LogP contribution in [0.5, 0.6) is 0 Å². The molecule has 4 rings (SSSR count). The Balaban J connectivity index is 1.21. The van der Waals surface area contributed by atoms with Crippen molar-refractivity contribution >= 4 is 29.1 Å². The fraction of sp³-hybridized carbons (Fsp3) is 0.375. The minimum atomic E-state index is -0.349. The van der Waals surface area contributed by atoms with Crippen molar-refractivity contribution < 1.29 is 18.8 Å². The fourth-order valence-electron chi connectivity index (χ4n) is 3.72. The van der Waals surface area contributed by atoms with E-state index in [1.54, 1.807) is 24.3 Å². The predicted molar refractivity (Wildman–Crippen MR) is 123 cm³/mol. The van der Waals surface area contributed by atoms with E-state index in [0.717, 1.165) is 12.8 Å². The number of carbonyl (C=O) groups is 3. The van der Waals surface area contributed by atoms with Crippen LogP contribution in [0.4, 0.5) is 15.8 Å². The van der Waals surface area contributed by atoms with E-state index in [2.05, 4.69) is 16.0 Å². The average Bonchev–Trinajstić information content (AvgIpc) is 3.61. The summed E-state index contributed by atoms with van der Waals surface area (Å²) in [5, 5.41) is 8.57. The molecule has 2 aromatic carbocycles. The van der Waals surface area contributed by atoms with Gasteiger partial charge in [0.1, 0.15) is 5.82 Å². The minimum absolute atomic E-state index is 0.158. The summed E-state index contributed by atoms with van der Waals surface area (Å²) < 4.78 is 13.0. The molecule has 0 unspecified atom stereocenters. The smallest absolute Gasteiger partial charge is 0.253 e. The molecular formula is C24H28FN5O3. The Bertz CT molecular complexity index is 1000. The van der Waals surface area contributed by atoms with Gasteiger partial charge in [0.25, 0.3) is 5.91 Å². The zero-order valence-corrected chi connectivity index (χ0v) is 18.4. The molecule has 1 heterocycles. The summed E-state index contributed by atoms with van der Waals surface area (Å²) in [6.45, 7) is 3.08. The molecule has 1 saturated heterocycles. The molecular weight excluding hydrogens is 425 g/mol. The molecule has 0 atom stereocenters. The first-order valence-corrected chi connectivity index (χ1v) is 11.2. The van der Waals surface area contributed by atoms with Gasteiger partial charge in [-0.3, -0.25) is 24.2 Å². The summed E-state index contributed by atoms with van der Waals surface area (Å²) in [5.74, 6) is -0.850. The number of rotatable bonds is 8. The highest BCUT2D eigenvalue weighted by molar-refractivity contribution is 6.04. The number of amides is 3. The Morgan fingerprint density at radius 3 is 2.00 bits per heavy atom. The number of piperazine rings is 1. The first-order chi connectivity index (χ1) is 16.0. The molecule has 3 N–H and O–H groups in total. The summed E-state index contributed by atoms with van der Waals surface area (Å²) in [5.41, 5.74) is 1.54. The van der Waals surface area contributed by atoms with Gasteiger partial charge < -0.3 is 16.0 Å². The molecule has 33 heavy (non-hydrogen) atoms. The molecule has 0 aromatic heterocycles. The van der Waals surface area contributed by atoms with Gasteiger partial charge in [-0.15, -0.1) is 0 Å². The molecule has 2 aromatic rings. The highest BCUT2D eigenvalue weighted by atomic mass is 19.1. The molecule has 3 amide bonds. The normalized spacial score (nSPS) is 16.8. The second-order valence-corrected chi connectivity index (χ2v) is 8.45. The topological polar surface area (TPSA) is 93.8 Å². The number of nitrogens with one attached hydrogen (secondary N) is 3. The third-order valence-corrected chi connectivity index (χ3v) is 5.69. The monoisotopic (exact) mass is 453 g/mol. The minimum Gasteiger partial charge on any atom is -0.349 e. The SMILES string of the molecule is O=C(CN1CCN(CC(=O)Nc2ccccc2C(=O)NC2CC2)CC1)Nc1ccc(F)cc1. The summed E-state index contributed by atoms with van der Waals surface area (Å²) >= 11 is 0. The Labute approximate surface area is 192 Å². The van der Waals surface area contributed by atoms with Gasteiger partial charge in [0.2, 0.25) is 11.8 Å². The lowest BCUT2D eigenvalue weighted by molar-refractivity contribution is -0.120. The van der Waals surface area contributed by atoms with E-state index < -0.39 is 0 Å². The summed E-state index contributed by atoms with van der Waals surface area (Å²) in [6.07, 6.45) is 2.00. The molecule has 8 nitrogen and oxygen atoms in total. The van der Waals surface area contributed by atoms with Crippen LogP contribution in [-0.4, -0.2) is 72.8 Å². The highest BCUT2D eigenvalue weighted by Gasteiger charge is 2.25. The van der Waals surface area contributed by atoms with Gasteiger partial charge in [-0.2, -0.15) is 0 Å². The van der Waals surface area contributed by atoms with Crippen LogP contribution in [0.25, 0.3) is 0 Å². The number of carbonyl (C=O) groups excluding carboxylic acids is 3. The first kappa shape index (κ1) is 22.9. The Kier molecular flexibility index (Phi) is 7.31. The van der Waals surface area contributed by atoms with Gasteiger partial charge in [0.15, 0.2) is 0 Å². The Hall–Kier alpha value is -3.30. The zero-order valence-electron chi connectivity index (χ0n) is 18.4. The maximum atomic E-state index is 13.0. The number of hydrogen-bond donors (Lipinski definition) is 3. The third kappa shape index (κ3) is 6.84. The molecule has 2 fully saturated rings. The van der Waals surface area contributed by atoms with E-state index in [-0.39, 0.29) is 42.7 Å². The standard InChI is InChI=1S/C24H28FN5O3/c25-17-5-7-18(8-6-17)26-22(31)15-29-11-13-30(14-12-29)16-23(32)28-21-4-2-1-3-20(21)24(33)27-19-9-10-19/h1-8,19H,9-16H2,(H,26,31)(H,27,33)(H,28,32). The van der Waals surface area contributed by atoms with Crippen LogP contribution >= 0.6 is 0 Å². The van der Waals surface area contributed by atoms with Crippen LogP contribution in [0, 0.1) is 5.82 Å². The van der Waals surface area contributed by atoms with Crippen LogP contribution in [0.1, 0.15) is 23.2 Å². The van der Waals surface area contributed by atoms with Crippen molar-refractivity contribution in [2.24, 2.45) is 0 Å². The Morgan fingerprint density at radius 1 is 0.818 bits per heavy atom. The zero-order chi connectivity index (χ0) is 23.2. The first-order valence-electron chi connectivity index (χ1n) is 11.2. The van der Waals surface area contributed by atoms with Crippen molar-refractivity contribution in [1.29, 1.82) is 0 Å². The molecule has 0 radical (unpaired) electrons. The third-order valence-electron chi connectivity index (χ3n) is 5.69. The summed E-state index contributed by atoms with van der Waals surface area (Å²) in [6, 6.07) is 12.9. The number of hydrogen-bond acceptors (Lipinski definition) is 5. The summed E-state index contributed by atoms with van der Waals surface area (Å²) in [7, 11) is 0. The largest absolute Gasteiger partial charge is 0.349 e. The maximum absolute atomic E-state index is 13.0. The summed E-state index contributed by atoms with van der Waals surface area (Å²) in [4.78, 5) is 41.3. The number of benzene rings is 2. The van der Waals surface area contributed by atoms with Crippen LogP contribution in [-0.2, 0) is 9.59 Å².